The molecule has 1 N–H and O–H groups in total. The summed E-state index contributed by atoms with van der Waals surface area (Å²) in [6, 6.07) is 12.4. The van der Waals surface area contributed by atoms with E-state index in [0.29, 0.717) is 23.5 Å². The first kappa shape index (κ1) is 25.6. The minimum atomic E-state index is -0.744. The fourth-order valence-corrected chi connectivity index (χ4v) is 5.93. The Morgan fingerprint density at radius 1 is 0.895 bits per heavy atom. The topological polar surface area (TPSA) is 119 Å². The number of hydrogen-bond donors (Lipinski definition) is 1. The van der Waals surface area contributed by atoms with Crippen LogP contribution in [0.3, 0.4) is 0 Å². The van der Waals surface area contributed by atoms with Crippen molar-refractivity contribution in [2.75, 3.05) is 23.4 Å². The molecule has 3 amide bonds. The molecule has 2 aromatic rings. The SMILES string of the molecule is CCCCOC(=O)c1ccc(NC(=O)COC(=O)c2cccc(N3C(=O)[C@@H]4[C@H]5CC[C@@H](C5)[C@@H]4C3=O)c2)cc1. The first-order valence-electron chi connectivity index (χ1n) is 13.1. The second-order valence-electron chi connectivity index (χ2n) is 10.1. The lowest BCUT2D eigenvalue weighted by molar-refractivity contribution is -0.123. The summed E-state index contributed by atoms with van der Waals surface area (Å²) in [5, 5.41) is 2.61. The maximum Gasteiger partial charge on any atom is 0.338 e. The van der Waals surface area contributed by atoms with Crippen molar-refractivity contribution in [1.82, 2.24) is 0 Å². The quantitative estimate of drug-likeness (QED) is 0.303. The predicted octanol–water partition coefficient (Wildman–Crippen LogP) is 3.97. The maximum atomic E-state index is 13.1. The number of carbonyl (C=O) groups is 5. The number of unbranched alkanes of at least 4 members (excludes halogenated alkanes) is 1. The maximum absolute atomic E-state index is 13.1. The van der Waals surface area contributed by atoms with Crippen molar-refractivity contribution in [3.05, 3.63) is 59.7 Å². The van der Waals surface area contributed by atoms with Crippen molar-refractivity contribution in [2.24, 2.45) is 23.7 Å². The van der Waals surface area contributed by atoms with Crippen molar-refractivity contribution in [3.8, 4) is 0 Å². The van der Waals surface area contributed by atoms with Crippen LogP contribution in [0.1, 0.15) is 59.7 Å². The first-order chi connectivity index (χ1) is 18.4. The summed E-state index contributed by atoms with van der Waals surface area (Å²) in [7, 11) is 0. The summed E-state index contributed by atoms with van der Waals surface area (Å²) in [5.41, 5.74) is 1.29. The Kier molecular flexibility index (Phi) is 7.26. The molecule has 2 bridgehead atoms. The van der Waals surface area contributed by atoms with Gasteiger partial charge in [-0.3, -0.25) is 19.3 Å². The van der Waals surface area contributed by atoms with Gasteiger partial charge in [0.2, 0.25) is 11.8 Å². The lowest BCUT2D eigenvalue weighted by Crippen LogP contribution is -2.32. The van der Waals surface area contributed by atoms with E-state index in [4.69, 9.17) is 9.47 Å². The van der Waals surface area contributed by atoms with E-state index < -0.39 is 24.5 Å². The molecule has 1 saturated heterocycles. The van der Waals surface area contributed by atoms with Crippen LogP contribution in [-0.4, -0.2) is 42.9 Å². The Morgan fingerprint density at radius 3 is 2.21 bits per heavy atom. The number of anilines is 2. The number of hydrogen-bond acceptors (Lipinski definition) is 7. The predicted molar refractivity (Wildman–Crippen MR) is 137 cm³/mol. The van der Waals surface area contributed by atoms with Crippen LogP contribution in [0.4, 0.5) is 11.4 Å². The Balaban J connectivity index is 1.15. The average Bonchev–Trinajstić information content (AvgIpc) is 3.61. The first-order valence-corrected chi connectivity index (χ1v) is 13.1. The summed E-state index contributed by atoms with van der Waals surface area (Å²) >= 11 is 0. The number of amides is 3. The van der Waals surface area contributed by atoms with Gasteiger partial charge in [0.1, 0.15) is 0 Å². The summed E-state index contributed by atoms with van der Waals surface area (Å²) in [4.78, 5) is 64.3. The van der Waals surface area contributed by atoms with Gasteiger partial charge in [-0.15, -0.1) is 0 Å². The normalized spacial score (nSPS) is 23.3. The second kappa shape index (κ2) is 10.8. The van der Waals surface area contributed by atoms with Crippen molar-refractivity contribution >= 4 is 41.0 Å². The van der Waals surface area contributed by atoms with Crippen LogP contribution in [-0.2, 0) is 23.9 Å². The molecule has 2 aliphatic carbocycles. The largest absolute Gasteiger partial charge is 0.462 e. The molecule has 4 atom stereocenters. The summed E-state index contributed by atoms with van der Waals surface area (Å²) in [5.74, 6) is -2.05. The molecular weight excluding hydrogens is 488 g/mol. The van der Waals surface area contributed by atoms with Gasteiger partial charge in [0.15, 0.2) is 6.61 Å². The van der Waals surface area contributed by atoms with E-state index in [1.807, 2.05) is 6.92 Å². The van der Waals surface area contributed by atoms with Crippen LogP contribution in [0.25, 0.3) is 0 Å². The zero-order valence-corrected chi connectivity index (χ0v) is 21.2. The van der Waals surface area contributed by atoms with E-state index in [1.165, 1.54) is 17.0 Å². The number of nitrogens with zero attached hydrogens (tertiary/aromatic N) is 1. The van der Waals surface area contributed by atoms with Crippen LogP contribution >= 0.6 is 0 Å². The molecule has 0 spiro atoms. The Labute approximate surface area is 220 Å². The number of carbonyl (C=O) groups excluding carboxylic acids is 5. The van der Waals surface area contributed by atoms with Crippen LogP contribution < -0.4 is 10.2 Å². The van der Waals surface area contributed by atoms with E-state index in [9.17, 15) is 24.0 Å². The zero-order chi connectivity index (χ0) is 26.8. The average molecular weight is 519 g/mol. The number of imide groups is 1. The molecule has 9 nitrogen and oxygen atoms in total. The molecule has 198 valence electrons. The van der Waals surface area contributed by atoms with Crippen LogP contribution in [0.5, 0.6) is 0 Å². The highest BCUT2D eigenvalue weighted by Gasteiger charge is 2.61. The number of fused-ring (bicyclic) bond motifs is 5. The van der Waals surface area contributed by atoms with Crippen LogP contribution in [0.15, 0.2) is 48.5 Å². The third-order valence-electron chi connectivity index (χ3n) is 7.74. The Morgan fingerprint density at radius 2 is 1.55 bits per heavy atom. The highest BCUT2D eigenvalue weighted by molar-refractivity contribution is 6.22. The van der Waals surface area contributed by atoms with Crippen molar-refractivity contribution in [1.29, 1.82) is 0 Å². The number of nitrogens with one attached hydrogen (secondary N) is 1. The highest BCUT2D eigenvalue weighted by Crippen LogP contribution is 2.56. The van der Waals surface area contributed by atoms with E-state index in [-0.39, 0.29) is 41.0 Å². The summed E-state index contributed by atoms with van der Waals surface area (Å²) in [6.07, 6.45) is 4.64. The monoisotopic (exact) mass is 518 g/mol. The molecule has 0 unspecified atom stereocenters. The third-order valence-corrected chi connectivity index (χ3v) is 7.74. The summed E-state index contributed by atoms with van der Waals surface area (Å²) in [6.45, 7) is 1.83. The van der Waals surface area contributed by atoms with Crippen LogP contribution in [0.2, 0.25) is 0 Å². The molecule has 5 rings (SSSR count). The molecule has 3 aliphatic rings. The van der Waals surface area contributed by atoms with Crippen molar-refractivity contribution < 1.29 is 33.4 Å². The molecule has 2 aromatic carbocycles. The zero-order valence-electron chi connectivity index (χ0n) is 21.2. The minimum Gasteiger partial charge on any atom is -0.462 e. The molecule has 0 aromatic heterocycles. The molecule has 0 radical (unpaired) electrons. The Bertz CT molecular complexity index is 1240. The van der Waals surface area contributed by atoms with Gasteiger partial charge in [-0.1, -0.05) is 19.4 Å². The summed E-state index contributed by atoms with van der Waals surface area (Å²) < 4.78 is 10.3. The molecule has 3 fully saturated rings. The number of benzene rings is 2. The van der Waals surface area contributed by atoms with Gasteiger partial charge in [0.25, 0.3) is 5.91 Å². The Hall–Kier alpha value is -4.01. The van der Waals surface area contributed by atoms with Gasteiger partial charge in [-0.25, -0.2) is 9.59 Å². The van der Waals surface area contributed by atoms with Gasteiger partial charge in [-0.05, 0) is 80.0 Å². The second-order valence-corrected chi connectivity index (χ2v) is 10.1. The molecule has 2 saturated carbocycles. The van der Waals surface area contributed by atoms with Crippen molar-refractivity contribution in [2.45, 2.75) is 39.0 Å². The molecule has 38 heavy (non-hydrogen) atoms. The number of esters is 2. The van der Waals surface area contributed by atoms with Gasteiger partial charge < -0.3 is 14.8 Å². The molecule has 1 heterocycles. The number of ether oxygens (including phenoxy) is 2. The smallest absolute Gasteiger partial charge is 0.338 e. The van der Waals surface area contributed by atoms with Gasteiger partial charge in [0.05, 0.1) is 35.3 Å². The lowest BCUT2D eigenvalue weighted by atomic mass is 9.81. The molecular formula is C29H30N2O7. The lowest BCUT2D eigenvalue weighted by Gasteiger charge is -2.19. The van der Waals surface area contributed by atoms with Gasteiger partial charge in [0, 0.05) is 5.69 Å². The number of rotatable bonds is 9. The highest BCUT2D eigenvalue weighted by atomic mass is 16.5. The van der Waals surface area contributed by atoms with E-state index in [1.54, 1.807) is 36.4 Å². The van der Waals surface area contributed by atoms with E-state index in [2.05, 4.69) is 5.32 Å². The minimum absolute atomic E-state index is 0.141. The van der Waals surface area contributed by atoms with Gasteiger partial charge >= 0.3 is 11.9 Å². The molecule has 1 aliphatic heterocycles. The fraction of sp³-hybridized carbons (Fsp3) is 0.414. The van der Waals surface area contributed by atoms with E-state index in [0.717, 1.165) is 32.1 Å². The van der Waals surface area contributed by atoms with Crippen molar-refractivity contribution in [3.63, 3.8) is 0 Å². The standard InChI is InChI=1S/C29H30N2O7/c1-2-3-13-37-28(35)17-9-11-21(12-10-17)30-23(32)16-38-29(36)20-5-4-6-22(15-20)31-26(33)24-18-7-8-19(14-18)25(24)27(31)34/h4-6,9-12,15,18-19,24-25H,2-3,7-8,13-14,16H2,1H3,(H,30,32)/t18-,19-,24-,25+/m0/s1. The van der Waals surface area contributed by atoms with E-state index >= 15 is 0 Å². The molecule has 9 heteroatoms. The fourth-order valence-electron chi connectivity index (χ4n) is 5.93. The van der Waals surface area contributed by atoms with Crippen LogP contribution in [0, 0.1) is 23.7 Å². The van der Waals surface area contributed by atoms with Gasteiger partial charge in [-0.2, -0.15) is 0 Å². The third kappa shape index (κ3) is 4.92.